The first-order valence-electron chi connectivity index (χ1n) is 7.67. The van der Waals surface area contributed by atoms with E-state index >= 15 is 0 Å². The lowest BCUT2D eigenvalue weighted by Gasteiger charge is -2.20. The quantitative estimate of drug-likeness (QED) is 0.670. The molecule has 0 atom stereocenters. The molecule has 0 aliphatic rings. The highest BCUT2D eigenvalue weighted by atomic mass is 32.1. The Morgan fingerprint density at radius 1 is 1.28 bits per heavy atom. The zero-order chi connectivity index (χ0) is 17.8. The number of likely N-dealkylation sites (N-methyl/N-ethyl adjacent to an activating group) is 1. The number of aromatic nitrogens is 4. The Hall–Kier alpha value is -2.81. The molecule has 0 saturated heterocycles. The van der Waals surface area contributed by atoms with Crippen LogP contribution in [0.15, 0.2) is 46.6 Å². The van der Waals surface area contributed by atoms with Crippen LogP contribution in [0.3, 0.4) is 0 Å². The number of tetrazole rings is 1. The minimum absolute atomic E-state index is 0.215. The second kappa shape index (κ2) is 7.39. The summed E-state index contributed by atoms with van der Waals surface area (Å²) < 4.78 is 15.5. The molecule has 9 heteroatoms. The minimum atomic E-state index is -0.474. The maximum absolute atomic E-state index is 13.3. The van der Waals surface area contributed by atoms with E-state index in [1.807, 2.05) is 12.3 Å². The third kappa shape index (κ3) is 3.82. The fraction of sp³-hybridized carbons (Fsp3) is 0.250. The van der Waals surface area contributed by atoms with Gasteiger partial charge in [0, 0.05) is 13.1 Å². The van der Waals surface area contributed by atoms with Crippen molar-refractivity contribution >= 4 is 17.2 Å². The lowest BCUT2D eigenvalue weighted by molar-refractivity contribution is -0.132. The van der Waals surface area contributed by atoms with E-state index in [9.17, 15) is 14.0 Å². The molecule has 3 aromatic rings. The molecule has 0 unspecified atom stereocenters. The molecule has 1 amide bonds. The van der Waals surface area contributed by atoms with Gasteiger partial charge in [-0.1, -0.05) is 12.1 Å². The monoisotopic (exact) mass is 361 g/mol. The van der Waals surface area contributed by atoms with Crippen molar-refractivity contribution in [3.63, 3.8) is 0 Å². The van der Waals surface area contributed by atoms with E-state index in [4.69, 9.17) is 0 Å². The molecule has 3 rings (SSSR count). The molecular weight excluding hydrogens is 345 g/mol. The summed E-state index contributed by atoms with van der Waals surface area (Å²) in [6.07, 6.45) is 0. The standard InChI is InChI=1S/C16H16FN5O2S/c1-2-20(10-12-5-3-6-13(17)9-12)14(23)11-21-16(24)22(19-18-21)15-7-4-8-25-15/h3-9H,2,10-11H2,1H3. The Kier molecular flexibility index (Phi) is 5.03. The highest BCUT2D eigenvalue weighted by molar-refractivity contribution is 7.12. The van der Waals surface area contributed by atoms with Crippen LogP contribution >= 0.6 is 11.3 Å². The van der Waals surface area contributed by atoms with Gasteiger partial charge in [0.25, 0.3) is 0 Å². The van der Waals surface area contributed by atoms with E-state index in [-0.39, 0.29) is 24.8 Å². The molecule has 0 N–H and O–H groups in total. The highest BCUT2D eigenvalue weighted by Crippen LogP contribution is 2.11. The number of halogens is 1. The Balaban J connectivity index is 1.73. The zero-order valence-corrected chi connectivity index (χ0v) is 14.3. The van der Waals surface area contributed by atoms with E-state index in [1.165, 1.54) is 28.4 Å². The largest absolute Gasteiger partial charge is 0.369 e. The number of carbonyl (C=O) groups is 1. The van der Waals surface area contributed by atoms with Crippen molar-refractivity contribution in [1.29, 1.82) is 0 Å². The first kappa shape index (κ1) is 17.0. The molecule has 7 nitrogen and oxygen atoms in total. The summed E-state index contributed by atoms with van der Waals surface area (Å²) in [5, 5.41) is 10.0. The number of hydrogen-bond donors (Lipinski definition) is 0. The molecule has 130 valence electrons. The number of thiophene rings is 1. The van der Waals surface area contributed by atoms with E-state index < -0.39 is 5.69 Å². The number of hydrogen-bond acceptors (Lipinski definition) is 5. The van der Waals surface area contributed by atoms with Gasteiger partial charge in [0.05, 0.1) is 0 Å². The Morgan fingerprint density at radius 2 is 2.12 bits per heavy atom. The summed E-state index contributed by atoms with van der Waals surface area (Å²) in [6, 6.07) is 9.63. The van der Waals surface area contributed by atoms with Crippen LogP contribution in [0.1, 0.15) is 12.5 Å². The normalized spacial score (nSPS) is 10.8. The average molecular weight is 361 g/mol. The molecule has 0 aliphatic carbocycles. The van der Waals surface area contributed by atoms with Crippen LogP contribution < -0.4 is 5.69 Å². The summed E-state index contributed by atoms with van der Waals surface area (Å²) in [7, 11) is 0. The van der Waals surface area contributed by atoms with Gasteiger partial charge in [-0.25, -0.2) is 9.18 Å². The minimum Gasteiger partial charge on any atom is -0.337 e. The van der Waals surface area contributed by atoms with Gasteiger partial charge in [-0.05, 0) is 52.6 Å². The maximum Gasteiger partial charge on any atom is 0.369 e. The summed E-state index contributed by atoms with van der Waals surface area (Å²) in [6.45, 7) is 2.31. The van der Waals surface area contributed by atoms with Crippen LogP contribution in [0.4, 0.5) is 4.39 Å². The van der Waals surface area contributed by atoms with Crippen molar-refractivity contribution in [1.82, 2.24) is 24.7 Å². The predicted molar refractivity (Wildman–Crippen MR) is 91.0 cm³/mol. The first-order valence-corrected chi connectivity index (χ1v) is 8.55. The van der Waals surface area contributed by atoms with Crippen molar-refractivity contribution in [2.24, 2.45) is 0 Å². The van der Waals surface area contributed by atoms with Crippen LogP contribution in [0.2, 0.25) is 0 Å². The van der Waals surface area contributed by atoms with Gasteiger partial charge >= 0.3 is 5.69 Å². The second-order valence-corrected chi connectivity index (χ2v) is 6.25. The highest BCUT2D eigenvalue weighted by Gasteiger charge is 2.17. The summed E-state index contributed by atoms with van der Waals surface area (Å²) in [5.74, 6) is -0.636. The molecule has 0 aliphatic heterocycles. The number of nitrogens with zero attached hydrogens (tertiary/aromatic N) is 5. The van der Waals surface area contributed by atoms with Crippen molar-refractivity contribution in [3.8, 4) is 5.00 Å². The first-order chi connectivity index (χ1) is 12.1. The maximum atomic E-state index is 13.3. The lowest BCUT2D eigenvalue weighted by Crippen LogP contribution is -2.36. The van der Waals surface area contributed by atoms with Crippen LogP contribution in [-0.4, -0.2) is 37.1 Å². The predicted octanol–water partition coefficient (Wildman–Crippen LogP) is 1.68. The second-order valence-electron chi connectivity index (χ2n) is 5.32. The molecule has 25 heavy (non-hydrogen) atoms. The summed E-state index contributed by atoms with van der Waals surface area (Å²) in [5.41, 5.74) is 0.211. The Morgan fingerprint density at radius 3 is 2.80 bits per heavy atom. The molecule has 2 aromatic heterocycles. The molecule has 1 aromatic carbocycles. The number of benzene rings is 1. The van der Waals surface area contributed by atoms with Gasteiger partial charge < -0.3 is 4.90 Å². The SMILES string of the molecule is CCN(Cc1cccc(F)c1)C(=O)Cn1nnn(-c2cccs2)c1=O. The van der Waals surface area contributed by atoms with Crippen molar-refractivity contribution < 1.29 is 9.18 Å². The summed E-state index contributed by atoms with van der Waals surface area (Å²) >= 11 is 1.35. The van der Waals surface area contributed by atoms with Crippen molar-refractivity contribution in [2.75, 3.05) is 6.54 Å². The van der Waals surface area contributed by atoms with Gasteiger partial charge in [0.15, 0.2) is 0 Å². The fourth-order valence-electron chi connectivity index (χ4n) is 2.36. The van der Waals surface area contributed by atoms with E-state index in [0.29, 0.717) is 17.1 Å². The third-order valence-corrected chi connectivity index (χ3v) is 4.48. The van der Waals surface area contributed by atoms with Crippen LogP contribution in [0.25, 0.3) is 5.00 Å². The van der Waals surface area contributed by atoms with E-state index in [2.05, 4.69) is 10.4 Å². The van der Waals surface area contributed by atoms with Gasteiger partial charge in [0.2, 0.25) is 5.91 Å². The van der Waals surface area contributed by atoms with Crippen LogP contribution in [-0.2, 0) is 17.9 Å². The molecular formula is C16H16FN5O2S. The summed E-state index contributed by atoms with van der Waals surface area (Å²) in [4.78, 5) is 26.3. The van der Waals surface area contributed by atoms with Crippen molar-refractivity contribution in [2.45, 2.75) is 20.0 Å². The molecule has 0 saturated carbocycles. The van der Waals surface area contributed by atoms with Crippen molar-refractivity contribution in [3.05, 3.63) is 63.6 Å². The number of amides is 1. The Labute approximate surface area is 146 Å². The van der Waals surface area contributed by atoms with Gasteiger partial charge in [-0.15, -0.1) is 11.3 Å². The third-order valence-electron chi connectivity index (χ3n) is 3.64. The fourth-order valence-corrected chi connectivity index (χ4v) is 3.03. The molecule has 0 spiro atoms. The lowest BCUT2D eigenvalue weighted by atomic mass is 10.2. The Bertz CT molecular complexity index is 919. The van der Waals surface area contributed by atoms with E-state index in [0.717, 1.165) is 9.36 Å². The van der Waals surface area contributed by atoms with Gasteiger partial charge in [0.1, 0.15) is 17.4 Å². The zero-order valence-electron chi connectivity index (χ0n) is 13.5. The van der Waals surface area contributed by atoms with Gasteiger partial charge in [-0.3, -0.25) is 4.79 Å². The smallest absolute Gasteiger partial charge is 0.337 e. The molecule has 0 radical (unpaired) electrons. The number of rotatable bonds is 6. The van der Waals surface area contributed by atoms with Crippen LogP contribution in [0, 0.1) is 5.82 Å². The number of carbonyl (C=O) groups excluding carboxylic acids is 1. The molecule has 2 heterocycles. The van der Waals surface area contributed by atoms with Gasteiger partial charge in [-0.2, -0.15) is 9.36 Å². The van der Waals surface area contributed by atoms with Crippen LogP contribution in [0.5, 0.6) is 0 Å². The molecule has 0 fully saturated rings. The topological polar surface area (TPSA) is 73.0 Å². The molecule has 0 bridgehead atoms. The van der Waals surface area contributed by atoms with E-state index in [1.54, 1.807) is 24.3 Å². The average Bonchev–Trinajstić information content (AvgIpc) is 3.23.